The van der Waals surface area contributed by atoms with Crippen molar-refractivity contribution in [1.82, 2.24) is 9.97 Å². The Balaban J connectivity index is 1.43. The largest absolute Gasteiger partial charge is 0.226 e. The predicted octanol–water partition coefficient (Wildman–Crippen LogP) is 6.58. The fourth-order valence-corrected chi connectivity index (χ4v) is 3.40. The number of benzene rings is 3. The molecular formula is C26H18N2. The molecule has 0 N–H and O–H groups in total. The van der Waals surface area contributed by atoms with E-state index in [1.807, 2.05) is 36.4 Å². The lowest BCUT2D eigenvalue weighted by molar-refractivity contribution is 1.32. The highest BCUT2D eigenvalue weighted by atomic mass is 14.9. The second-order valence-corrected chi connectivity index (χ2v) is 6.75. The van der Waals surface area contributed by atoms with Gasteiger partial charge >= 0.3 is 0 Å². The zero-order chi connectivity index (χ0) is 18.8. The molecule has 0 amide bonds. The number of hydrogen-bond acceptors (Lipinski definition) is 2. The number of imidazole rings is 1. The van der Waals surface area contributed by atoms with E-state index in [4.69, 9.17) is 0 Å². The van der Waals surface area contributed by atoms with Gasteiger partial charge in [0.15, 0.2) is 5.82 Å². The van der Waals surface area contributed by atoms with Gasteiger partial charge in [-0.15, -0.1) is 0 Å². The Morgan fingerprint density at radius 2 is 0.679 bits per heavy atom. The quantitative estimate of drug-likeness (QED) is 0.364. The summed E-state index contributed by atoms with van der Waals surface area (Å²) in [7, 11) is 0. The molecule has 0 saturated heterocycles. The molecule has 28 heavy (non-hydrogen) atoms. The molecule has 2 nitrogen and oxygen atoms in total. The van der Waals surface area contributed by atoms with Gasteiger partial charge in [0.25, 0.3) is 0 Å². The molecule has 0 unspecified atom stereocenters. The first-order chi connectivity index (χ1) is 13.9. The average molecular weight is 358 g/mol. The summed E-state index contributed by atoms with van der Waals surface area (Å²) in [6.45, 7) is 0. The van der Waals surface area contributed by atoms with Gasteiger partial charge in [0.05, 0.1) is 11.4 Å². The predicted molar refractivity (Wildman–Crippen MR) is 115 cm³/mol. The Morgan fingerprint density at radius 3 is 1.14 bits per heavy atom. The SMILES string of the molecule is c1ccc(-c2ccc(-c3ccc(-c4nc5cccccc-5n4)cc3)cc2)cc1. The van der Waals surface area contributed by atoms with Crippen molar-refractivity contribution in [3.05, 3.63) is 109 Å². The molecule has 0 atom stereocenters. The minimum atomic E-state index is 0.771. The first kappa shape index (κ1) is 16.4. The van der Waals surface area contributed by atoms with Crippen molar-refractivity contribution < 1.29 is 0 Å². The zero-order valence-electron chi connectivity index (χ0n) is 15.3. The van der Waals surface area contributed by atoms with E-state index < -0.39 is 0 Å². The first-order valence-corrected chi connectivity index (χ1v) is 9.36. The minimum Gasteiger partial charge on any atom is -0.226 e. The van der Waals surface area contributed by atoms with Crippen LogP contribution in [-0.2, 0) is 0 Å². The molecule has 3 aromatic rings. The van der Waals surface area contributed by atoms with Crippen molar-refractivity contribution in [3.8, 4) is 45.0 Å². The molecule has 1 heterocycles. The van der Waals surface area contributed by atoms with Gasteiger partial charge < -0.3 is 0 Å². The van der Waals surface area contributed by atoms with Crippen molar-refractivity contribution in [2.75, 3.05) is 0 Å². The lowest BCUT2D eigenvalue weighted by Crippen LogP contribution is -1.83. The molecule has 1 aliphatic carbocycles. The standard InChI is InChI=1S/C26H18N2/c1-3-7-19(8-4-1)20-11-13-21(14-12-20)22-15-17-23(18-16-22)26-27-24-9-5-2-6-10-25(24)28-26/h1-18H. The minimum absolute atomic E-state index is 0.771. The van der Waals surface area contributed by atoms with Crippen molar-refractivity contribution in [2.45, 2.75) is 0 Å². The summed E-state index contributed by atoms with van der Waals surface area (Å²) < 4.78 is 0. The Morgan fingerprint density at radius 1 is 0.321 bits per heavy atom. The third-order valence-electron chi connectivity index (χ3n) is 4.91. The second-order valence-electron chi connectivity index (χ2n) is 6.75. The van der Waals surface area contributed by atoms with E-state index in [-0.39, 0.29) is 0 Å². The molecule has 5 rings (SSSR count). The Labute approximate surface area is 164 Å². The monoisotopic (exact) mass is 358 g/mol. The summed E-state index contributed by atoms with van der Waals surface area (Å²) in [4.78, 5) is 9.32. The highest BCUT2D eigenvalue weighted by Gasteiger charge is 2.10. The van der Waals surface area contributed by atoms with Crippen molar-refractivity contribution in [1.29, 1.82) is 0 Å². The maximum absolute atomic E-state index is 4.66. The molecule has 3 aromatic carbocycles. The lowest BCUT2D eigenvalue weighted by atomic mass is 9.99. The maximum Gasteiger partial charge on any atom is 0.160 e. The summed E-state index contributed by atoms with van der Waals surface area (Å²) >= 11 is 0. The van der Waals surface area contributed by atoms with E-state index in [0.717, 1.165) is 22.8 Å². The Kier molecular flexibility index (Phi) is 4.15. The molecule has 0 aromatic heterocycles. The van der Waals surface area contributed by atoms with Crippen molar-refractivity contribution in [2.24, 2.45) is 0 Å². The van der Waals surface area contributed by atoms with E-state index >= 15 is 0 Å². The van der Waals surface area contributed by atoms with Crippen LogP contribution in [0.3, 0.4) is 0 Å². The molecule has 0 radical (unpaired) electrons. The maximum atomic E-state index is 4.66. The summed E-state index contributed by atoms with van der Waals surface area (Å²) in [5.74, 6) is 0.771. The third-order valence-corrected chi connectivity index (χ3v) is 4.91. The molecular weight excluding hydrogens is 340 g/mol. The van der Waals surface area contributed by atoms with Crippen LogP contribution in [0.1, 0.15) is 0 Å². The van der Waals surface area contributed by atoms with Gasteiger partial charge in [-0.3, -0.25) is 0 Å². The van der Waals surface area contributed by atoms with E-state index in [1.54, 1.807) is 0 Å². The summed E-state index contributed by atoms with van der Waals surface area (Å²) in [5.41, 5.74) is 7.71. The van der Waals surface area contributed by atoms with E-state index in [1.165, 1.54) is 22.3 Å². The van der Waals surface area contributed by atoms with Crippen LogP contribution >= 0.6 is 0 Å². The van der Waals surface area contributed by atoms with E-state index in [9.17, 15) is 0 Å². The van der Waals surface area contributed by atoms with Crippen molar-refractivity contribution >= 4 is 0 Å². The molecule has 0 bridgehead atoms. The third kappa shape index (κ3) is 3.17. The smallest absolute Gasteiger partial charge is 0.160 e. The first-order valence-electron chi connectivity index (χ1n) is 9.36. The Bertz CT molecular complexity index is 1150. The molecule has 0 fully saturated rings. The molecule has 2 heteroatoms. The van der Waals surface area contributed by atoms with Crippen LogP contribution in [0.25, 0.3) is 45.0 Å². The van der Waals surface area contributed by atoms with Gasteiger partial charge in [0, 0.05) is 5.56 Å². The Hall–Kier alpha value is -3.78. The van der Waals surface area contributed by atoms with Crippen LogP contribution in [0.15, 0.2) is 109 Å². The molecule has 0 spiro atoms. The van der Waals surface area contributed by atoms with Gasteiger partial charge in [-0.05, 0) is 34.4 Å². The van der Waals surface area contributed by atoms with Crippen LogP contribution < -0.4 is 0 Å². The fraction of sp³-hybridized carbons (Fsp3) is 0. The number of nitrogens with zero attached hydrogens (tertiary/aromatic N) is 2. The van der Waals surface area contributed by atoms with E-state index in [0.29, 0.717) is 0 Å². The highest BCUT2D eigenvalue weighted by Crippen LogP contribution is 2.28. The van der Waals surface area contributed by atoms with Gasteiger partial charge in [0.1, 0.15) is 0 Å². The fourth-order valence-electron chi connectivity index (χ4n) is 3.40. The normalized spacial score (nSPS) is 10.9. The van der Waals surface area contributed by atoms with Crippen molar-refractivity contribution in [3.63, 3.8) is 0 Å². The number of rotatable bonds is 3. The topological polar surface area (TPSA) is 25.8 Å². The summed E-state index contributed by atoms with van der Waals surface area (Å²) in [5, 5.41) is 0. The zero-order valence-corrected chi connectivity index (χ0v) is 15.3. The van der Waals surface area contributed by atoms with E-state index in [2.05, 4.69) is 82.8 Å². The van der Waals surface area contributed by atoms with Crippen LogP contribution in [0.2, 0.25) is 0 Å². The van der Waals surface area contributed by atoms with Gasteiger partial charge in [0.2, 0.25) is 0 Å². The molecule has 0 saturated carbocycles. The van der Waals surface area contributed by atoms with Gasteiger partial charge in [-0.2, -0.15) is 0 Å². The van der Waals surface area contributed by atoms with Crippen LogP contribution in [0, 0.1) is 0 Å². The van der Waals surface area contributed by atoms with Crippen LogP contribution in [0.4, 0.5) is 0 Å². The molecule has 1 aliphatic heterocycles. The van der Waals surface area contributed by atoms with Crippen LogP contribution in [-0.4, -0.2) is 9.97 Å². The molecule has 2 aliphatic rings. The average Bonchev–Trinajstić information content (AvgIpc) is 3.05. The highest BCUT2D eigenvalue weighted by molar-refractivity contribution is 5.73. The summed E-state index contributed by atoms with van der Waals surface area (Å²) in [6.07, 6.45) is 0. The van der Waals surface area contributed by atoms with Crippen LogP contribution in [0.5, 0.6) is 0 Å². The number of hydrogen-bond donors (Lipinski definition) is 0. The lowest BCUT2D eigenvalue weighted by Gasteiger charge is -2.06. The number of fused-ring (bicyclic) bond motifs is 1. The number of aromatic nitrogens is 2. The van der Waals surface area contributed by atoms with Gasteiger partial charge in [-0.1, -0.05) is 97.1 Å². The summed E-state index contributed by atoms with van der Waals surface area (Å²) in [6, 6.07) is 37.5. The second kappa shape index (κ2) is 7.09. The molecule has 132 valence electrons. The van der Waals surface area contributed by atoms with Gasteiger partial charge in [-0.25, -0.2) is 9.97 Å².